The number of carbonyl (C=O) groups excluding carboxylic acids is 1. The Kier molecular flexibility index (Phi) is 6.61. The van der Waals surface area contributed by atoms with E-state index >= 15 is 0 Å². The molecule has 0 aliphatic heterocycles. The maximum absolute atomic E-state index is 11.2. The quantitative estimate of drug-likeness (QED) is 0.545. The first-order chi connectivity index (χ1) is 12.0. The SMILES string of the molecule is CC(=O)OC/C=C(/C)CC[C@@H]1[C@]2(C)CCC[C@@](C)(CO)[C@@H]2CC[C@@]1(C)O. The summed E-state index contributed by atoms with van der Waals surface area (Å²) in [5.41, 5.74) is 0.582. The molecule has 2 N–H and O–H groups in total. The van der Waals surface area contributed by atoms with Gasteiger partial charge in [0.05, 0.1) is 5.60 Å². The zero-order valence-electron chi connectivity index (χ0n) is 17.3. The Balaban J connectivity index is 2.14. The lowest BCUT2D eigenvalue weighted by atomic mass is 9.45. The number of aliphatic hydroxyl groups is 2. The second kappa shape index (κ2) is 8.02. The predicted octanol–water partition coefficient (Wildman–Crippen LogP) is 4.24. The van der Waals surface area contributed by atoms with E-state index in [4.69, 9.17) is 4.74 Å². The van der Waals surface area contributed by atoms with Gasteiger partial charge in [-0.2, -0.15) is 0 Å². The number of rotatable bonds is 6. The molecule has 2 rings (SSSR count). The zero-order valence-corrected chi connectivity index (χ0v) is 17.3. The average molecular weight is 367 g/mol. The van der Waals surface area contributed by atoms with Gasteiger partial charge in [-0.05, 0) is 81.1 Å². The molecule has 2 aliphatic rings. The lowest BCUT2D eigenvalue weighted by Gasteiger charge is -2.61. The Morgan fingerprint density at radius 2 is 1.88 bits per heavy atom. The largest absolute Gasteiger partial charge is 0.462 e. The van der Waals surface area contributed by atoms with Gasteiger partial charge < -0.3 is 14.9 Å². The van der Waals surface area contributed by atoms with Crippen molar-refractivity contribution in [2.24, 2.45) is 22.7 Å². The minimum absolute atomic E-state index is 0.0258. The molecule has 26 heavy (non-hydrogen) atoms. The minimum atomic E-state index is -0.658. The van der Waals surface area contributed by atoms with Gasteiger partial charge in [-0.3, -0.25) is 4.79 Å². The third-order valence-electron chi connectivity index (χ3n) is 7.49. The third-order valence-corrected chi connectivity index (χ3v) is 7.49. The van der Waals surface area contributed by atoms with Gasteiger partial charge in [0, 0.05) is 13.5 Å². The highest BCUT2D eigenvalue weighted by Gasteiger charge is 2.58. The van der Waals surface area contributed by atoms with Crippen LogP contribution in [0, 0.1) is 22.7 Å². The van der Waals surface area contributed by atoms with E-state index in [-0.39, 0.29) is 29.3 Å². The number of carbonyl (C=O) groups is 1. The topological polar surface area (TPSA) is 66.8 Å². The van der Waals surface area contributed by atoms with E-state index in [2.05, 4.69) is 20.8 Å². The highest BCUT2D eigenvalue weighted by atomic mass is 16.5. The first-order valence-electron chi connectivity index (χ1n) is 10.2. The molecule has 4 nitrogen and oxygen atoms in total. The van der Waals surface area contributed by atoms with Crippen LogP contribution < -0.4 is 0 Å². The molecule has 0 amide bonds. The standard InChI is InChI=1S/C22H38O4/c1-16(10-14-26-17(2)24)7-8-19-21(4)12-6-11-20(3,15-23)18(21)9-13-22(19,5)25/h10,18-19,23,25H,6-9,11-15H2,1-5H3/b16-10-/t18-,19+,20-,21+,22+/m0/s1. The van der Waals surface area contributed by atoms with Crippen LogP contribution in [0.4, 0.5) is 0 Å². The van der Waals surface area contributed by atoms with Gasteiger partial charge in [0.15, 0.2) is 0 Å². The highest BCUT2D eigenvalue weighted by Crippen LogP contribution is 2.63. The maximum Gasteiger partial charge on any atom is 0.302 e. The van der Waals surface area contributed by atoms with Crippen LogP contribution in [-0.2, 0) is 9.53 Å². The summed E-state index contributed by atoms with van der Waals surface area (Å²) < 4.78 is 5.00. The van der Waals surface area contributed by atoms with Crippen molar-refractivity contribution in [3.05, 3.63) is 11.6 Å². The van der Waals surface area contributed by atoms with E-state index in [1.165, 1.54) is 12.5 Å². The van der Waals surface area contributed by atoms with Crippen molar-refractivity contribution in [3.8, 4) is 0 Å². The Morgan fingerprint density at radius 3 is 2.50 bits per heavy atom. The van der Waals surface area contributed by atoms with Crippen LogP contribution in [0.25, 0.3) is 0 Å². The van der Waals surface area contributed by atoms with Crippen molar-refractivity contribution in [3.63, 3.8) is 0 Å². The fraction of sp³-hybridized carbons (Fsp3) is 0.864. The van der Waals surface area contributed by atoms with Gasteiger partial charge in [-0.25, -0.2) is 0 Å². The summed E-state index contributed by atoms with van der Waals surface area (Å²) >= 11 is 0. The molecule has 0 aromatic heterocycles. The molecule has 2 aliphatic carbocycles. The molecule has 150 valence electrons. The second-order valence-electron chi connectivity index (χ2n) is 9.56. The summed E-state index contributed by atoms with van der Waals surface area (Å²) in [5, 5.41) is 21.3. The molecular formula is C22H38O4. The van der Waals surface area contributed by atoms with E-state index in [9.17, 15) is 15.0 Å². The fourth-order valence-corrected chi connectivity index (χ4v) is 6.04. The second-order valence-corrected chi connectivity index (χ2v) is 9.56. The van der Waals surface area contributed by atoms with Crippen LogP contribution in [0.5, 0.6) is 0 Å². The number of aliphatic hydroxyl groups excluding tert-OH is 1. The third kappa shape index (κ3) is 4.33. The molecule has 2 saturated carbocycles. The molecule has 0 spiro atoms. The summed E-state index contributed by atoms with van der Waals surface area (Å²) in [6.45, 7) is 10.6. The number of hydrogen-bond donors (Lipinski definition) is 2. The Labute approximate surface area is 159 Å². The van der Waals surface area contributed by atoms with Crippen molar-refractivity contribution in [2.75, 3.05) is 13.2 Å². The van der Waals surface area contributed by atoms with Crippen LogP contribution >= 0.6 is 0 Å². The molecule has 0 unspecified atom stereocenters. The van der Waals surface area contributed by atoms with Crippen LogP contribution in [0.1, 0.15) is 79.6 Å². The molecular weight excluding hydrogens is 328 g/mol. The average Bonchev–Trinajstić information content (AvgIpc) is 2.53. The lowest BCUT2D eigenvalue weighted by Crippen LogP contribution is -2.58. The first kappa shape index (κ1) is 21.4. The number of fused-ring (bicyclic) bond motifs is 1. The van der Waals surface area contributed by atoms with E-state index in [0.717, 1.165) is 44.9 Å². The molecule has 0 bridgehead atoms. The molecule has 0 radical (unpaired) electrons. The number of hydrogen-bond acceptors (Lipinski definition) is 4. The summed E-state index contributed by atoms with van der Waals surface area (Å²) in [7, 11) is 0. The Morgan fingerprint density at radius 1 is 1.19 bits per heavy atom. The molecule has 4 heteroatoms. The minimum Gasteiger partial charge on any atom is -0.462 e. The molecule has 2 fully saturated rings. The Hall–Kier alpha value is -0.870. The van der Waals surface area contributed by atoms with Gasteiger partial charge in [-0.15, -0.1) is 0 Å². The zero-order chi connectivity index (χ0) is 19.6. The maximum atomic E-state index is 11.2. The van der Waals surface area contributed by atoms with Crippen molar-refractivity contribution in [2.45, 2.75) is 85.2 Å². The monoisotopic (exact) mass is 366 g/mol. The molecule has 0 heterocycles. The summed E-state index contributed by atoms with van der Waals surface area (Å²) in [4.78, 5) is 10.9. The van der Waals surface area contributed by atoms with Gasteiger partial charge in [0.1, 0.15) is 6.61 Å². The van der Waals surface area contributed by atoms with E-state index in [1.54, 1.807) is 0 Å². The van der Waals surface area contributed by atoms with Crippen LogP contribution in [0.3, 0.4) is 0 Å². The predicted molar refractivity (Wildman–Crippen MR) is 104 cm³/mol. The summed E-state index contributed by atoms with van der Waals surface area (Å²) in [6, 6.07) is 0. The van der Waals surface area contributed by atoms with E-state index < -0.39 is 5.60 Å². The van der Waals surface area contributed by atoms with Gasteiger partial charge in [0.2, 0.25) is 0 Å². The molecule has 0 aromatic rings. The smallest absolute Gasteiger partial charge is 0.302 e. The molecule has 5 atom stereocenters. The van der Waals surface area contributed by atoms with Crippen LogP contribution in [-0.4, -0.2) is 35.0 Å². The highest BCUT2D eigenvalue weighted by molar-refractivity contribution is 5.66. The summed E-state index contributed by atoms with van der Waals surface area (Å²) in [6.07, 6.45) is 8.95. The van der Waals surface area contributed by atoms with Crippen LogP contribution in [0.2, 0.25) is 0 Å². The number of esters is 1. The fourth-order valence-electron chi connectivity index (χ4n) is 6.04. The van der Waals surface area contributed by atoms with E-state index in [1.807, 2.05) is 13.0 Å². The number of ether oxygens (including phenoxy) is 1. The molecule has 0 aromatic carbocycles. The normalized spacial score (nSPS) is 40.8. The molecule has 0 saturated heterocycles. The van der Waals surface area contributed by atoms with Gasteiger partial charge >= 0.3 is 5.97 Å². The van der Waals surface area contributed by atoms with Crippen molar-refractivity contribution in [1.82, 2.24) is 0 Å². The van der Waals surface area contributed by atoms with Crippen LogP contribution in [0.15, 0.2) is 11.6 Å². The van der Waals surface area contributed by atoms with Crippen molar-refractivity contribution >= 4 is 5.97 Å². The van der Waals surface area contributed by atoms with E-state index in [0.29, 0.717) is 12.5 Å². The number of allylic oxidation sites excluding steroid dienone is 1. The van der Waals surface area contributed by atoms with Crippen molar-refractivity contribution < 1.29 is 19.7 Å². The first-order valence-corrected chi connectivity index (χ1v) is 10.2. The summed E-state index contributed by atoms with van der Waals surface area (Å²) in [5.74, 6) is 0.423. The van der Waals surface area contributed by atoms with Gasteiger partial charge in [-0.1, -0.05) is 25.8 Å². The van der Waals surface area contributed by atoms with Gasteiger partial charge in [0.25, 0.3) is 0 Å². The lowest BCUT2D eigenvalue weighted by molar-refractivity contribution is -0.179. The van der Waals surface area contributed by atoms with Crippen molar-refractivity contribution in [1.29, 1.82) is 0 Å². The Bertz CT molecular complexity index is 538.